The van der Waals surface area contributed by atoms with Gasteiger partial charge in [0, 0.05) is 12.2 Å². The van der Waals surface area contributed by atoms with Gasteiger partial charge < -0.3 is 9.47 Å². The lowest BCUT2D eigenvalue weighted by Gasteiger charge is -1.97. The smallest absolute Gasteiger partial charge is 0.331 e. The molecule has 0 aliphatic rings. The van der Waals surface area contributed by atoms with E-state index in [1.165, 1.54) is 0 Å². The fourth-order valence-corrected chi connectivity index (χ4v) is 0.617. The quantitative estimate of drug-likeness (QED) is 0.279. The van der Waals surface area contributed by atoms with Crippen LogP contribution < -0.4 is 0 Å². The van der Waals surface area contributed by atoms with Crippen molar-refractivity contribution >= 4 is 11.9 Å². The Morgan fingerprint density at radius 1 is 1.21 bits per heavy atom. The maximum Gasteiger partial charge on any atom is 0.331 e. The van der Waals surface area contributed by atoms with Crippen molar-refractivity contribution in [1.29, 1.82) is 0 Å². The molecule has 0 aromatic carbocycles. The molecule has 0 saturated heterocycles. The summed E-state index contributed by atoms with van der Waals surface area (Å²) in [5, 5.41) is 0. The predicted octanol–water partition coefficient (Wildman–Crippen LogP) is 1.22. The number of carbonyl (C=O) groups is 2. The van der Waals surface area contributed by atoms with Crippen LogP contribution in [0.15, 0.2) is 24.8 Å². The zero-order valence-electron chi connectivity index (χ0n) is 8.19. The summed E-state index contributed by atoms with van der Waals surface area (Å²) in [7, 11) is 0. The van der Waals surface area contributed by atoms with E-state index < -0.39 is 11.9 Å². The van der Waals surface area contributed by atoms with Crippen molar-refractivity contribution in [1.82, 2.24) is 0 Å². The molecule has 0 atom stereocenters. The van der Waals surface area contributed by atoms with Crippen molar-refractivity contribution in [2.24, 2.45) is 0 Å². The molecule has 0 heterocycles. The third kappa shape index (κ3) is 7.09. The number of rotatable bonds is 6. The second kappa shape index (κ2) is 8.04. The number of carbonyl (C=O) groups excluding carboxylic acids is 2. The van der Waals surface area contributed by atoms with Crippen LogP contribution >= 0.6 is 0 Å². The molecule has 0 aromatic rings. The summed E-state index contributed by atoms with van der Waals surface area (Å²) in [6.45, 7) is 5.72. The summed E-state index contributed by atoms with van der Waals surface area (Å²) >= 11 is 0. The molecule has 0 fully saturated rings. The lowest BCUT2D eigenvalue weighted by Crippen LogP contribution is -2.04. The van der Waals surface area contributed by atoms with Gasteiger partial charge in [-0.1, -0.05) is 6.08 Å². The highest BCUT2D eigenvalue weighted by Gasteiger charge is 1.98. The van der Waals surface area contributed by atoms with Crippen LogP contribution in [0.25, 0.3) is 0 Å². The highest BCUT2D eigenvalue weighted by atomic mass is 16.5. The molecule has 0 radical (unpaired) electrons. The topological polar surface area (TPSA) is 52.6 Å². The van der Waals surface area contributed by atoms with Gasteiger partial charge in [0.1, 0.15) is 0 Å². The molecule has 0 N–H and O–H groups in total. The fraction of sp³-hybridized carbons (Fsp3) is 0.400. The molecule has 4 heteroatoms. The summed E-state index contributed by atoms with van der Waals surface area (Å²) in [6.07, 6.45) is 4.32. The minimum Gasteiger partial charge on any atom is -0.463 e. The summed E-state index contributed by atoms with van der Waals surface area (Å²) in [5.41, 5.74) is 0. The Kier molecular flexibility index (Phi) is 7.13. The Morgan fingerprint density at radius 2 is 1.79 bits per heavy atom. The van der Waals surface area contributed by atoms with Gasteiger partial charge in [-0.25, -0.2) is 9.59 Å². The van der Waals surface area contributed by atoms with E-state index in [0.717, 1.165) is 12.2 Å². The molecular weight excluding hydrogens is 184 g/mol. The second-order valence-electron chi connectivity index (χ2n) is 2.33. The summed E-state index contributed by atoms with van der Waals surface area (Å²) in [4.78, 5) is 21.6. The Balaban J connectivity index is 3.69. The van der Waals surface area contributed by atoms with Crippen LogP contribution in [0.5, 0.6) is 0 Å². The summed E-state index contributed by atoms with van der Waals surface area (Å²) < 4.78 is 9.27. The van der Waals surface area contributed by atoms with Crippen LogP contribution in [0.2, 0.25) is 0 Å². The average Bonchev–Trinajstić information content (AvgIpc) is 2.16. The zero-order valence-corrected chi connectivity index (χ0v) is 8.19. The second-order valence-corrected chi connectivity index (χ2v) is 2.33. The Labute approximate surface area is 83.2 Å². The van der Waals surface area contributed by atoms with E-state index in [-0.39, 0.29) is 13.2 Å². The third-order valence-electron chi connectivity index (χ3n) is 1.21. The Bertz CT molecular complexity index is 230. The van der Waals surface area contributed by atoms with Crippen molar-refractivity contribution in [2.75, 3.05) is 13.2 Å². The number of hydrogen-bond donors (Lipinski definition) is 0. The number of hydrogen-bond acceptors (Lipinski definition) is 4. The van der Waals surface area contributed by atoms with Crippen LogP contribution in [0.3, 0.4) is 0 Å². The summed E-state index contributed by atoms with van der Waals surface area (Å²) in [6, 6.07) is 0. The van der Waals surface area contributed by atoms with Crippen molar-refractivity contribution in [3.63, 3.8) is 0 Å². The molecule has 0 aliphatic heterocycles. The maximum absolute atomic E-state index is 10.9. The lowest BCUT2D eigenvalue weighted by molar-refractivity contribution is -0.140. The van der Waals surface area contributed by atoms with Gasteiger partial charge in [0.25, 0.3) is 0 Å². The van der Waals surface area contributed by atoms with E-state index in [1.54, 1.807) is 13.0 Å². The van der Waals surface area contributed by atoms with Crippen molar-refractivity contribution in [3.05, 3.63) is 24.8 Å². The average molecular weight is 198 g/mol. The molecule has 0 aliphatic carbocycles. The standard InChI is InChI=1S/C10H14O4/c1-3-5-8-14-10(12)7-6-9(11)13-4-2/h3,6-7H,1,4-5,8H2,2H3/b7-6+. The first-order valence-electron chi connectivity index (χ1n) is 4.33. The molecular formula is C10H14O4. The Hall–Kier alpha value is -1.58. The van der Waals surface area contributed by atoms with Gasteiger partial charge >= 0.3 is 11.9 Å². The van der Waals surface area contributed by atoms with Gasteiger partial charge in [0.05, 0.1) is 13.2 Å². The molecule has 0 unspecified atom stereocenters. The van der Waals surface area contributed by atoms with Crippen molar-refractivity contribution in [3.8, 4) is 0 Å². The lowest BCUT2D eigenvalue weighted by atomic mass is 10.4. The van der Waals surface area contributed by atoms with Gasteiger partial charge in [0.15, 0.2) is 0 Å². The first-order chi connectivity index (χ1) is 6.70. The van der Waals surface area contributed by atoms with Crippen LogP contribution in [0, 0.1) is 0 Å². The maximum atomic E-state index is 10.9. The van der Waals surface area contributed by atoms with Gasteiger partial charge in [-0.3, -0.25) is 0 Å². The predicted molar refractivity (Wildman–Crippen MR) is 51.5 cm³/mol. The highest BCUT2D eigenvalue weighted by Crippen LogP contribution is 1.88. The molecule has 0 bridgehead atoms. The van der Waals surface area contributed by atoms with Gasteiger partial charge in [-0.2, -0.15) is 0 Å². The molecule has 0 rings (SSSR count). The highest BCUT2D eigenvalue weighted by molar-refractivity contribution is 5.91. The van der Waals surface area contributed by atoms with Crippen LogP contribution in [-0.2, 0) is 19.1 Å². The van der Waals surface area contributed by atoms with Crippen LogP contribution in [0.1, 0.15) is 13.3 Å². The molecule has 0 aromatic heterocycles. The molecule has 0 saturated carbocycles. The number of esters is 2. The van der Waals surface area contributed by atoms with E-state index in [2.05, 4.69) is 11.3 Å². The molecule has 0 spiro atoms. The zero-order chi connectivity index (χ0) is 10.8. The SMILES string of the molecule is C=CCCOC(=O)/C=C/C(=O)OCC. The van der Waals surface area contributed by atoms with Gasteiger partial charge in [-0.05, 0) is 13.3 Å². The molecule has 78 valence electrons. The van der Waals surface area contributed by atoms with Gasteiger partial charge in [0.2, 0.25) is 0 Å². The van der Waals surface area contributed by atoms with E-state index in [1.807, 2.05) is 0 Å². The summed E-state index contributed by atoms with van der Waals surface area (Å²) in [5.74, 6) is -1.10. The van der Waals surface area contributed by atoms with Crippen molar-refractivity contribution < 1.29 is 19.1 Å². The van der Waals surface area contributed by atoms with Gasteiger partial charge in [-0.15, -0.1) is 6.58 Å². The number of ether oxygens (including phenoxy) is 2. The van der Waals surface area contributed by atoms with E-state index in [9.17, 15) is 9.59 Å². The van der Waals surface area contributed by atoms with E-state index in [0.29, 0.717) is 6.42 Å². The minimum absolute atomic E-state index is 0.273. The van der Waals surface area contributed by atoms with Crippen molar-refractivity contribution in [2.45, 2.75) is 13.3 Å². The molecule has 0 amide bonds. The van der Waals surface area contributed by atoms with Crippen LogP contribution in [0.4, 0.5) is 0 Å². The third-order valence-corrected chi connectivity index (χ3v) is 1.21. The van der Waals surface area contributed by atoms with E-state index >= 15 is 0 Å². The minimum atomic E-state index is -0.556. The largest absolute Gasteiger partial charge is 0.463 e. The first-order valence-corrected chi connectivity index (χ1v) is 4.33. The fourth-order valence-electron chi connectivity index (χ4n) is 0.617. The normalized spacial score (nSPS) is 9.79. The van der Waals surface area contributed by atoms with E-state index in [4.69, 9.17) is 4.74 Å². The molecule has 14 heavy (non-hydrogen) atoms. The monoisotopic (exact) mass is 198 g/mol. The van der Waals surface area contributed by atoms with Crippen LogP contribution in [-0.4, -0.2) is 25.2 Å². The first kappa shape index (κ1) is 12.4. The Morgan fingerprint density at radius 3 is 2.29 bits per heavy atom. The molecule has 4 nitrogen and oxygen atoms in total.